The van der Waals surface area contributed by atoms with Crippen LogP contribution in [0.2, 0.25) is 0 Å². The molecule has 2 aromatic carbocycles. The topological polar surface area (TPSA) is 83.1 Å². The molecule has 144 valence electrons. The Kier molecular flexibility index (Phi) is 6.65. The molecule has 1 amide bonds. The Balaban J connectivity index is 2.33. The van der Waals surface area contributed by atoms with Gasteiger partial charge in [-0.15, -0.1) is 0 Å². The van der Waals surface area contributed by atoms with Gasteiger partial charge in [0.2, 0.25) is 5.75 Å². The molecule has 0 aliphatic carbocycles. The van der Waals surface area contributed by atoms with E-state index in [1.165, 1.54) is 35.4 Å². The van der Waals surface area contributed by atoms with Crippen LogP contribution < -0.4 is 24.3 Å². The molecule has 0 saturated heterocycles. The van der Waals surface area contributed by atoms with Gasteiger partial charge >= 0.3 is 0 Å². The van der Waals surface area contributed by atoms with Crippen LogP contribution in [0.1, 0.15) is 22.8 Å². The molecule has 7 nitrogen and oxygen atoms in total. The minimum Gasteiger partial charge on any atom is -0.496 e. The maximum atomic E-state index is 12.7. The Morgan fingerprint density at radius 1 is 0.852 bits per heavy atom. The Morgan fingerprint density at radius 3 is 1.93 bits per heavy atom. The van der Waals surface area contributed by atoms with E-state index in [1.807, 2.05) is 0 Å². The molecular formula is C20H23NO6. The van der Waals surface area contributed by atoms with Gasteiger partial charge in [0.25, 0.3) is 5.91 Å². The fourth-order valence-electron chi connectivity index (χ4n) is 2.68. The van der Waals surface area contributed by atoms with Crippen LogP contribution in [0, 0.1) is 0 Å². The van der Waals surface area contributed by atoms with Crippen molar-refractivity contribution in [3.05, 3.63) is 41.5 Å². The fraction of sp³-hybridized carbons (Fsp3) is 0.300. The number of carbonyl (C=O) groups is 2. The first-order valence-electron chi connectivity index (χ1n) is 8.21. The summed E-state index contributed by atoms with van der Waals surface area (Å²) in [7, 11) is 6.03. The number of rotatable bonds is 8. The highest BCUT2D eigenvalue weighted by molar-refractivity contribution is 6.05. The molecule has 1 N–H and O–H groups in total. The highest BCUT2D eigenvalue weighted by Crippen LogP contribution is 2.40. The number of benzene rings is 2. The number of methoxy groups -OCH3 is 4. The highest BCUT2D eigenvalue weighted by atomic mass is 16.5. The molecule has 0 radical (unpaired) electrons. The lowest BCUT2D eigenvalue weighted by Gasteiger charge is -2.15. The smallest absolute Gasteiger partial charge is 0.255 e. The van der Waals surface area contributed by atoms with Crippen molar-refractivity contribution in [1.82, 2.24) is 0 Å². The van der Waals surface area contributed by atoms with Gasteiger partial charge < -0.3 is 24.3 Å². The van der Waals surface area contributed by atoms with Crippen molar-refractivity contribution >= 4 is 17.4 Å². The van der Waals surface area contributed by atoms with Crippen molar-refractivity contribution < 1.29 is 28.5 Å². The third-order valence-electron chi connectivity index (χ3n) is 3.90. The monoisotopic (exact) mass is 373 g/mol. The SMILES string of the molecule is COc1ccc(C(=O)Nc2cc(OC)c(OC)c(OC)c2)cc1CC(C)=O. The van der Waals surface area contributed by atoms with Crippen molar-refractivity contribution in [1.29, 1.82) is 0 Å². The predicted octanol–water partition coefficient (Wildman–Crippen LogP) is 3.10. The zero-order valence-electron chi connectivity index (χ0n) is 16.0. The Bertz CT molecular complexity index is 821. The van der Waals surface area contributed by atoms with Crippen LogP contribution in [0.5, 0.6) is 23.0 Å². The summed E-state index contributed by atoms with van der Waals surface area (Å²) in [4.78, 5) is 24.1. The minimum atomic E-state index is -0.336. The number of anilines is 1. The normalized spacial score (nSPS) is 10.1. The van der Waals surface area contributed by atoms with Gasteiger partial charge in [0.1, 0.15) is 11.5 Å². The molecule has 0 aliphatic rings. The summed E-state index contributed by atoms with van der Waals surface area (Å²) in [6, 6.07) is 8.23. The molecule has 7 heteroatoms. The second kappa shape index (κ2) is 8.93. The summed E-state index contributed by atoms with van der Waals surface area (Å²) in [6.45, 7) is 1.49. The lowest BCUT2D eigenvalue weighted by atomic mass is 10.0. The number of ether oxygens (including phenoxy) is 4. The zero-order chi connectivity index (χ0) is 20.0. The van der Waals surface area contributed by atoms with Gasteiger partial charge in [-0.2, -0.15) is 0 Å². The Hall–Kier alpha value is -3.22. The molecule has 0 saturated carbocycles. The van der Waals surface area contributed by atoms with Gasteiger partial charge in [-0.3, -0.25) is 9.59 Å². The number of carbonyl (C=O) groups excluding carboxylic acids is 2. The number of nitrogens with one attached hydrogen (secondary N) is 1. The predicted molar refractivity (Wildman–Crippen MR) is 101 cm³/mol. The molecule has 2 aromatic rings. The lowest BCUT2D eigenvalue weighted by molar-refractivity contribution is -0.116. The van der Waals surface area contributed by atoms with E-state index in [0.29, 0.717) is 39.8 Å². The molecule has 0 fully saturated rings. The van der Waals surface area contributed by atoms with Crippen molar-refractivity contribution in [2.24, 2.45) is 0 Å². The summed E-state index contributed by atoms with van der Waals surface area (Å²) in [5.41, 5.74) is 1.54. The van der Waals surface area contributed by atoms with E-state index in [2.05, 4.69) is 5.32 Å². The quantitative estimate of drug-likeness (QED) is 0.766. The zero-order valence-corrected chi connectivity index (χ0v) is 16.0. The third kappa shape index (κ3) is 4.69. The van der Waals surface area contributed by atoms with Crippen LogP contribution in [-0.4, -0.2) is 40.1 Å². The van der Waals surface area contributed by atoms with Crippen molar-refractivity contribution in [2.75, 3.05) is 33.8 Å². The van der Waals surface area contributed by atoms with E-state index < -0.39 is 0 Å². The average molecular weight is 373 g/mol. The van der Waals surface area contributed by atoms with E-state index >= 15 is 0 Å². The van der Waals surface area contributed by atoms with Crippen LogP contribution in [-0.2, 0) is 11.2 Å². The molecule has 2 rings (SSSR count). The molecular weight excluding hydrogens is 350 g/mol. The molecule has 0 aliphatic heterocycles. The number of amides is 1. The minimum absolute atomic E-state index is 0.0181. The summed E-state index contributed by atoms with van der Waals surface area (Å²) in [5.74, 6) is 1.51. The molecule has 0 atom stereocenters. The molecule has 0 spiro atoms. The number of ketones is 1. The van der Waals surface area contributed by atoms with E-state index in [0.717, 1.165) is 0 Å². The summed E-state index contributed by atoms with van der Waals surface area (Å²) >= 11 is 0. The first-order chi connectivity index (χ1) is 12.9. The lowest BCUT2D eigenvalue weighted by Crippen LogP contribution is -2.13. The fourth-order valence-corrected chi connectivity index (χ4v) is 2.68. The third-order valence-corrected chi connectivity index (χ3v) is 3.90. The molecule has 0 heterocycles. The average Bonchev–Trinajstić information content (AvgIpc) is 2.66. The first-order valence-corrected chi connectivity index (χ1v) is 8.21. The standard InChI is InChI=1S/C20H23NO6/c1-12(22)8-14-9-13(6-7-16(14)24-2)20(23)21-15-10-17(25-3)19(27-5)18(11-15)26-4/h6-7,9-11H,8H2,1-5H3,(H,21,23). The van der Waals surface area contributed by atoms with Gasteiger partial charge in [0.05, 0.1) is 28.4 Å². The van der Waals surface area contributed by atoms with Crippen molar-refractivity contribution in [2.45, 2.75) is 13.3 Å². The number of Topliss-reactive ketones (excluding diaryl/α,β-unsaturated/α-hetero) is 1. The van der Waals surface area contributed by atoms with Crippen LogP contribution in [0.3, 0.4) is 0 Å². The largest absolute Gasteiger partial charge is 0.496 e. The maximum Gasteiger partial charge on any atom is 0.255 e. The van der Waals surface area contributed by atoms with Crippen molar-refractivity contribution in [3.8, 4) is 23.0 Å². The van der Waals surface area contributed by atoms with Crippen LogP contribution in [0.25, 0.3) is 0 Å². The Morgan fingerprint density at radius 2 is 1.44 bits per heavy atom. The van der Waals surface area contributed by atoms with E-state index in [1.54, 1.807) is 30.3 Å². The van der Waals surface area contributed by atoms with Gasteiger partial charge in [0, 0.05) is 35.4 Å². The van der Waals surface area contributed by atoms with Gasteiger partial charge in [-0.1, -0.05) is 0 Å². The molecule has 0 aromatic heterocycles. The molecule has 0 bridgehead atoms. The second-order valence-corrected chi connectivity index (χ2v) is 5.77. The van der Waals surface area contributed by atoms with E-state index in [4.69, 9.17) is 18.9 Å². The first kappa shape index (κ1) is 20.1. The van der Waals surface area contributed by atoms with Crippen LogP contribution in [0.4, 0.5) is 5.69 Å². The van der Waals surface area contributed by atoms with E-state index in [-0.39, 0.29) is 18.1 Å². The van der Waals surface area contributed by atoms with Crippen LogP contribution in [0.15, 0.2) is 30.3 Å². The highest BCUT2D eigenvalue weighted by Gasteiger charge is 2.16. The molecule has 0 unspecified atom stereocenters. The van der Waals surface area contributed by atoms with Crippen LogP contribution >= 0.6 is 0 Å². The summed E-state index contributed by atoms with van der Waals surface area (Å²) in [6.07, 6.45) is 0.189. The second-order valence-electron chi connectivity index (χ2n) is 5.77. The number of hydrogen-bond donors (Lipinski definition) is 1. The maximum absolute atomic E-state index is 12.7. The van der Waals surface area contributed by atoms with E-state index in [9.17, 15) is 9.59 Å². The Labute approximate surface area is 158 Å². The summed E-state index contributed by atoms with van der Waals surface area (Å²) in [5, 5.41) is 2.80. The summed E-state index contributed by atoms with van der Waals surface area (Å²) < 4.78 is 21.1. The molecule has 27 heavy (non-hydrogen) atoms. The number of hydrogen-bond acceptors (Lipinski definition) is 6. The van der Waals surface area contributed by atoms with Gasteiger partial charge in [-0.25, -0.2) is 0 Å². The van der Waals surface area contributed by atoms with Gasteiger partial charge in [-0.05, 0) is 25.1 Å². The van der Waals surface area contributed by atoms with Crippen molar-refractivity contribution in [3.63, 3.8) is 0 Å². The van der Waals surface area contributed by atoms with Gasteiger partial charge in [0.15, 0.2) is 11.5 Å².